The number of hydrogen-bond donors (Lipinski definition) is 7. The normalized spacial score (nSPS) is 50.0. The fourth-order valence-electron chi connectivity index (χ4n) is 2.64. The van der Waals surface area contributed by atoms with Crippen molar-refractivity contribution in [1.82, 2.24) is 0 Å². The molecule has 2 aliphatic rings. The van der Waals surface area contributed by atoms with Crippen LogP contribution in [0, 0.1) is 0 Å². The predicted molar refractivity (Wildman–Crippen MR) is 73.4 cm³/mol. The van der Waals surface area contributed by atoms with Crippen molar-refractivity contribution in [2.45, 2.75) is 61.4 Å². The predicted octanol–water partition coefficient (Wildman–Crippen LogP) is -4.74. The number of aliphatic hydroxyl groups is 7. The SMILES string of the molecule is CO[C@@H]1O[C@H](CO[C@@H]2O[C@H](CO)[C@@H](O)[C@H](O)[C@H]2O)[C@H](O)[C@H](O)[C@H]1O. The standard InChI is InChI=1S/C13H24O11/c1-21-12-10(19)9(18)7(16)5(24-12)3-22-13-11(20)8(17)6(15)4(2-14)23-13/h4-20H,2-3H2,1H3/t4-,5-,6-,7+,8+,9+,10-,11-,12-,13-/m1/s1. The van der Waals surface area contributed by atoms with Crippen molar-refractivity contribution in [2.24, 2.45) is 0 Å². The molecular formula is C13H24O11. The first-order valence-electron chi connectivity index (χ1n) is 7.46. The van der Waals surface area contributed by atoms with E-state index in [1.807, 2.05) is 0 Å². The van der Waals surface area contributed by atoms with Crippen molar-refractivity contribution in [2.75, 3.05) is 20.3 Å². The fourth-order valence-corrected chi connectivity index (χ4v) is 2.64. The summed E-state index contributed by atoms with van der Waals surface area (Å²) < 4.78 is 20.5. The summed E-state index contributed by atoms with van der Waals surface area (Å²) in [6, 6.07) is 0. The van der Waals surface area contributed by atoms with E-state index in [0.29, 0.717) is 0 Å². The molecule has 2 rings (SSSR count). The van der Waals surface area contributed by atoms with E-state index in [1.54, 1.807) is 0 Å². The molecule has 0 aromatic carbocycles. The van der Waals surface area contributed by atoms with Gasteiger partial charge >= 0.3 is 0 Å². The summed E-state index contributed by atoms with van der Waals surface area (Å²) in [5.41, 5.74) is 0. The van der Waals surface area contributed by atoms with Gasteiger partial charge in [-0.05, 0) is 0 Å². The maximum absolute atomic E-state index is 9.91. The van der Waals surface area contributed by atoms with Crippen molar-refractivity contribution in [3.63, 3.8) is 0 Å². The van der Waals surface area contributed by atoms with Crippen LogP contribution >= 0.6 is 0 Å². The molecule has 142 valence electrons. The molecule has 0 amide bonds. The minimum absolute atomic E-state index is 0.381. The molecule has 7 N–H and O–H groups in total. The smallest absolute Gasteiger partial charge is 0.186 e. The highest BCUT2D eigenvalue weighted by molar-refractivity contribution is 4.91. The van der Waals surface area contributed by atoms with Crippen LogP contribution < -0.4 is 0 Å². The van der Waals surface area contributed by atoms with E-state index in [2.05, 4.69) is 0 Å². The Bertz CT molecular complexity index is 356. The summed E-state index contributed by atoms with van der Waals surface area (Å²) in [5.74, 6) is 0. The van der Waals surface area contributed by atoms with Crippen LogP contribution in [0.25, 0.3) is 0 Å². The van der Waals surface area contributed by atoms with Gasteiger partial charge in [0.2, 0.25) is 0 Å². The zero-order valence-electron chi connectivity index (χ0n) is 13.0. The molecule has 2 heterocycles. The van der Waals surface area contributed by atoms with Gasteiger partial charge in [-0.25, -0.2) is 0 Å². The number of methoxy groups -OCH3 is 1. The Labute approximate surface area is 137 Å². The van der Waals surface area contributed by atoms with Gasteiger partial charge in [0.15, 0.2) is 12.6 Å². The van der Waals surface area contributed by atoms with Gasteiger partial charge in [-0.15, -0.1) is 0 Å². The number of ether oxygens (including phenoxy) is 4. The largest absolute Gasteiger partial charge is 0.394 e. The number of aliphatic hydroxyl groups excluding tert-OH is 7. The van der Waals surface area contributed by atoms with E-state index in [1.165, 1.54) is 7.11 Å². The highest BCUT2D eigenvalue weighted by atomic mass is 16.7. The number of hydrogen-bond acceptors (Lipinski definition) is 11. The Hall–Kier alpha value is -0.440. The lowest BCUT2D eigenvalue weighted by Crippen LogP contribution is -2.61. The minimum atomic E-state index is -1.60. The maximum atomic E-state index is 9.91. The quantitative estimate of drug-likeness (QED) is 0.251. The van der Waals surface area contributed by atoms with Gasteiger partial charge in [0.25, 0.3) is 0 Å². The van der Waals surface area contributed by atoms with E-state index in [0.717, 1.165) is 0 Å². The molecule has 0 saturated carbocycles. The first-order valence-corrected chi connectivity index (χ1v) is 7.46. The second-order valence-corrected chi connectivity index (χ2v) is 5.78. The maximum Gasteiger partial charge on any atom is 0.186 e. The van der Waals surface area contributed by atoms with Crippen LogP contribution in [-0.4, -0.2) is 117 Å². The van der Waals surface area contributed by atoms with Gasteiger partial charge in [-0.3, -0.25) is 0 Å². The molecular weight excluding hydrogens is 332 g/mol. The van der Waals surface area contributed by atoms with E-state index >= 15 is 0 Å². The monoisotopic (exact) mass is 356 g/mol. The van der Waals surface area contributed by atoms with Gasteiger partial charge in [-0.1, -0.05) is 0 Å². The van der Waals surface area contributed by atoms with E-state index in [9.17, 15) is 30.6 Å². The van der Waals surface area contributed by atoms with Crippen LogP contribution in [0.5, 0.6) is 0 Å². The van der Waals surface area contributed by atoms with E-state index in [-0.39, 0.29) is 6.61 Å². The van der Waals surface area contributed by atoms with Crippen LogP contribution in [0.2, 0.25) is 0 Å². The van der Waals surface area contributed by atoms with Gasteiger partial charge in [0.1, 0.15) is 48.8 Å². The van der Waals surface area contributed by atoms with Crippen LogP contribution in [0.4, 0.5) is 0 Å². The lowest BCUT2D eigenvalue weighted by molar-refractivity contribution is -0.328. The van der Waals surface area contributed by atoms with Crippen molar-refractivity contribution >= 4 is 0 Å². The third-order valence-electron chi connectivity index (χ3n) is 4.17. The van der Waals surface area contributed by atoms with Gasteiger partial charge < -0.3 is 54.7 Å². The molecule has 0 spiro atoms. The van der Waals surface area contributed by atoms with Crippen molar-refractivity contribution in [3.8, 4) is 0 Å². The fraction of sp³-hybridized carbons (Fsp3) is 1.00. The molecule has 2 aliphatic heterocycles. The molecule has 10 atom stereocenters. The number of rotatable bonds is 5. The zero-order chi connectivity index (χ0) is 18.0. The Kier molecular flexibility index (Phi) is 6.87. The van der Waals surface area contributed by atoms with E-state index in [4.69, 9.17) is 24.1 Å². The Balaban J connectivity index is 1.96. The van der Waals surface area contributed by atoms with Crippen LogP contribution in [0.1, 0.15) is 0 Å². The Morgan fingerprint density at radius 3 is 1.75 bits per heavy atom. The molecule has 11 nitrogen and oxygen atoms in total. The van der Waals surface area contributed by atoms with Gasteiger partial charge in [0.05, 0.1) is 13.2 Å². The average Bonchev–Trinajstić information content (AvgIpc) is 2.58. The molecule has 0 unspecified atom stereocenters. The minimum Gasteiger partial charge on any atom is -0.394 e. The van der Waals surface area contributed by atoms with Crippen molar-refractivity contribution < 1.29 is 54.7 Å². The highest BCUT2D eigenvalue weighted by Gasteiger charge is 2.47. The third-order valence-corrected chi connectivity index (χ3v) is 4.17. The topological polar surface area (TPSA) is 179 Å². The lowest BCUT2D eigenvalue weighted by Gasteiger charge is -2.42. The van der Waals surface area contributed by atoms with Gasteiger partial charge in [0, 0.05) is 7.11 Å². The first-order chi connectivity index (χ1) is 11.3. The van der Waals surface area contributed by atoms with Crippen LogP contribution in [0.15, 0.2) is 0 Å². The highest BCUT2D eigenvalue weighted by Crippen LogP contribution is 2.25. The summed E-state index contributed by atoms with van der Waals surface area (Å²) in [6.07, 6.45) is -14.0. The first kappa shape index (κ1) is 19.9. The van der Waals surface area contributed by atoms with Crippen molar-refractivity contribution in [3.05, 3.63) is 0 Å². The van der Waals surface area contributed by atoms with Crippen LogP contribution in [0.3, 0.4) is 0 Å². The molecule has 0 aromatic heterocycles. The molecule has 0 radical (unpaired) electrons. The van der Waals surface area contributed by atoms with Crippen molar-refractivity contribution in [1.29, 1.82) is 0 Å². The summed E-state index contributed by atoms with van der Waals surface area (Å²) in [5, 5.41) is 67.6. The molecule has 24 heavy (non-hydrogen) atoms. The summed E-state index contributed by atoms with van der Waals surface area (Å²) in [6.45, 7) is -0.989. The summed E-state index contributed by atoms with van der Waals surface area (Å²) in [4.78, 5) is 0. The van der Waals surface area contributed by atoms with Gasteiger partial charge in [-0.2, -0.15) is 0 Å². The second-order valence-electron chi connectivity index (χ2n) is 5.78. The molecule has 0 bridgehead atoms. The summed E-state index contributed by atoms with van der Waals surface area (Å²) in [7, 11) is 1.24. The molecule has 2 fully saturated rings. The molecule has 0 aliphatic carbocycles. The second kappa shape index (κ2) is 8.29. The average molecular weight is 356 g/mol. The van der Waals surface area contributed by atoms with E-state index < -0.39 is 68.0 Å². The molecule has 0 aromatic rings. The molecule has 2 saturated heterocycles. The zero-order valence-corrected chi connectivity index (χ0v) is 13.0. The Morgan fingerprint density at radius 2 is 1.21 bits per heavy atom. The summed E-state index contributed by atoms with van der Waals surface area (Å²) >= 11 is 0. The Morgan fingerprint density at radius 1 is 0.708 bits per heavy atom. The van der Waals surface area contributed by atoms with Crippen LogP contribution in [-0.2, 0) is 18.9 Å². The lowest BCUT2D eigenvalue weighted by atomic mass is 9.98. The molecule has 11 heteroatoms. The third kappa shape index (κ3) is 3.86.